The van der Waals surface area contributed by atoms with Gasteiger partial charge in [0.05, 0.1) is 29.8 Å². The molecule has 6 rings (SSSR count). The van der Waals surface area contributed by atoms with Gasteiger partial charge in [0, 0.05) is 28.9 Å². The third kappa shape index (κ3) is 4.23. The smallest absolute Gasteiger partial charge is 0.308 e. The number of anilines is 1. The molecule has 2 saturated heterocycles. The Bertz CT molecular complexity index is 1480. The standard InChI is InChI=1S/C26H22ClN3O6S2/c27-15-3-5-16(6-4-15)30-23(33)20-19(14-1-7-17(31)8-2-14)22-25(37-21(20)24(30)34)29(26(35)38-22)13-18(32)28-9-11-36-12-10-28/h1-8,19-21,31H,9-13H2/t19-,20?,21?/m0/s1. The quantitative estimate of drug-likeness (QED) is 0.480. The summed E-state index contributed by atoms with van der Waals surface area (Å²) < 4.78 is 6.75. The van der Waals surface area contributed by atoms with E-state index in [2.05, 4.69) is 0 Å². The van der Waals surface area contributed by atoms with Gasteiger partial charge in [-0.05, 0) is 42.0 Å². The molecule has 1 N–H and O–H groups in total. The molecule has 3 atom stereocenters. The number of amides is 3. The van der Waals surface area contributed by atoms with Gasteiger partial charge in [0.15, 0.2) is 0 Å². The molecule has 9 nitrogen and oxygen atoms in total. The number of aromatic nitrogens is 1. The maximum atomic E-state index is 13.8. The Hall–Kier alpha value is -3.12. The van der Waals surface area contributed by atoms with E-state index in [0.717, 1.165) is 11.3 Å². The van der Waals surface area contributed by atoms with Crippen LogP contribution in [0.15, 0.2) is 58.4 Å². The Morgan fingerprint density at radius 3 is 2.37 bits per heavy atom. The number of thioether (sulfide) groups is 1. The first-order valence-electron chi connectivity index (χ1n) is 12.0. The molecular weight excluding hydrogens is 550 g/mol. The topological polar surface area (TPSA) is 109 Å². The average molecular weight is 572 g/mol. The molecule has 12 heteroatoms. The summed E-state index contributed by atoms with van der Waals surface area (Å²) in [5.41, 5.74) is 1.12. The van der Waals surface area contributed by atoms with Crippen LogP contribution >= 0.6 is 34.7 Å². The maximum Gasteiger partial charge on any atom is 0.308 e. The Labute approximate surface area is 230 Å². The molecular formula is C26H22ClN3O6S2. The van der Waals surface area contributed by atoms with Crippen LogP contribution in [0.2, 0.25) is 5.02 Å². The van der Waals surface area contributed by atoms with Crippen LogP contribution in [-0.2, 0) is 25.7 Å². The van der Waals surface area contributed by atoms with E-state index in [-0.39, 0.29) is 34.9 Å². The highest BCUT2D eigenvalue weighted by Crippen LogP contribution is 2.54. The Morgan fingerprint density at radius 1 is 1.00 bits per heavy atom. The Morgan fingerprint density at radius 2 is 1.68 bits per heavy atom. The van der Waals surface area contributed by atoms with E-state index >= 15 is 0 Å². The predicted molar refractivity (Wildman–Crippen MR) is 143 cm³/mol. The van der Waals surface area contributed by atoms with Crippen molar-refractivity contribution < 1.29 is 24.2 Å². The first-order valence-corrected chi connectivity index (χ1v) is 14.1. The van der Waals surface area contributed by atoms with Crippen molar-refractivity contribution in [2.45, 2.75) is 22.7 Å². The number of hydrogen-bond donors (Lipinski definition) is 1. The van der Waals surface area contributed by atoms with E-state index in [1.165, 1.54) is 33.4 Å². The van der Waals surface area contributed by atoms with Gasteiger partial charge >= 0.3 is 4.87 Å². The molecule has 0 radical (unpaired) electrons. The molecule has 0 bridgehead atoms. The van der Waals surface area contributed by atoms with Gasteiger partial charge in [-0.2, -0.15) is 0 Å². The third-order valence-corrected chi connectivity index (χ3v) is 9.90. The predicted octanol–water partition coefficient (Wildman–Crippen LogP) is 2.92. The number of aromatic hydroxyl groups is 1. The average Bonchev–Trinajstić information content (AvgIpc) is 3.36. The lowest BCUT2D eigenvalue weighted by molar-refractivity contribution is -0.136. The summed E-state index contributed by atoms with van der Waals surface area (Å²) in [6, 6.07) is 12.9. The Kier molecular flexibility index (Phi) is 6.55. The van der Waals surface area contributed by atoms with Crippen LogP contribution < -0.4 is 9.77 Å². The minimum Gasteiger partial charge on any atom is -0.508 e. The monoisotopic (exact) mass is 571 g/mol. The van der Waals surface area contributed by atoms with Crippen LogP contribution in [0.1, 0.15) is 16.4 Å². The van der Waals surface area contributed by atoms with E-state index in [1.807, 2.05) is 0 Å². The van der Waals surface area contributed by atoms with E-state index in [0.29, 0.717) is 52.5 Å². The van der Waals surface area contributed by atoms with Gasteiger partial charge in [-0.25, -0.2) is 4.90 Å². The SMILES string of the molecule is O=C(Cn1c2c(sc1=O)[C@@H](c1ccc(O)cc1)C1C(=O)N(c3ccc(Cl)cc3)C(=O)C1S2)N1CCOCC1. The van der Waals surface area contributed by atoms with Crippen molar-refractivity contribution in [3.63, 3.8) is 0 Å². The number of carbonyl (C=O) groups excluding carboxylic acids is 3. The van der Waals surface area contributed by atoms with Crippen LogP contribution in [-0.4, -0.2) is 63.8 Å². The number of phenols is 1. The molecule has 38 heavy (non-hydrogen) atoms. The molecule has 0 spiro atoms. The number of carbonyl (C=O) groups is 3. The minimum atomic E-state index is -0.789. The van der Waals surface area contributed by atoms with Gasteiger partial charge in [-0.3, -0.25) is 23.7 Å². The van der Waals surface area contributed by atoms with Gasteiger partial charge < -0.3 is 14.7 Å². The van der Waals surface area contributed by atoms with Crippen molar-refractivity contribution >= 4 is 58.1 Å². The fourth-order valence-electron chi connectivity index (χ4n) is 5.19. The molecule has 2 unspecified atom stereocenters. The zero-order valence-corrected chi connectivity index (χ0v) is 22.3. The number of morpholine rings is 1. The normalized spacial score (nSPS) is 22.9. The van der Waals surface area contributed by atoms with Crippen LogP contribution in [0.4, 0.5) is 5.69 Å². The van der Waals surface area contributed by atoms with Gasteiger partial charge in [0.1, 0.15) is 17.5 Å². The van der Waals surface area contributed by atoms with Crippen LogP contribution in [0.5, 0.6) is 5.75 Å². The number of rotatable bonds is 4. The van der Waals surface area contributed by atoms with Crippen LogP contribution in [0.3, 0.4) is 0 Å². The third-order valence-electron chi connectivity index (χ3n) is 7.04. The van der Waals surface area contributed by atoms with Crippen molar-refractivity contribution in [2.75, 3.05) is 31.2 Å². The highest BCUT2D eigenvalue weighted by Gasteiger charge is 2.56. The number of ether oxygens (including phenoxy) is 1. The van der Waals surface area contributed by atoms with Gasteiger partial charge in [-0.15, -0.1) is 0 Å². The number of hydrogen-bond acceptors (Lipinski definition) is 8. The number of nitrogens with zero attached hydrogens (tertiary/aromatic N) is 3. The number of benzene rings is 2. The lowest BCUT2D eigenvalue weighted by Gasteiger charge is -2.31. The summed E-state index contributed by atoms with van der Waals surface area (Å²) in [6.45, 7) is 1.65. The summed E-state index contributed by atoms with van der Waals surface area (Å²) in [6.07, 6.45) is 0. The zero-order valence-electron chi connectivity index (χ0n) is 19.9. The second kappa shape index (κ2) is 9.88. The largest absolute Gasteiger partial charge is 0.508 e. The van der Waals surface area contributed by atoms with Gasteiger partial charge in [0.25, 0.3) is 0 Å². The maximum absolute atomic E-state index is 13.8. The fraction of sp³-hybridized carbons (Fsp3) is 0.308. The van der Waals surface area contributed by atoms with E-state index in [1.54, 1.807) is 41.3 Å². The summed E-state index contributed by atoms with van der Waals surface area (Å²) in [5, 5.41) is 10.1. The number of halogens is 1. The molecule has 3 amide bonds. The van der Waals surface area contributed by atoms with E-state index in [4.69, 9.17) is 16.3 Å². The van der Waals surface area contributed by atoms with Crippen molar-refractivity contribution in [3.8, 4) is 5.75 Å². The number of thiazole rings is 1. The van der Waals surface area contributed by atoms with E-state index < -0.39 is 17.1 Å². The molecule has 3 aromatic rings. The molecule has 196 valence electrons. The van der Waals surface area contributed by atoms with Crippen molar-refractivity contribution in [3.05, 3.63) is 73.7 Å². The van der Waals surface area contributed by atoms with Gasteiger partial charge in [-0.1, -0.05) is 46.8 Å². The molecule has 0 aliphatic carbocycles. The number of phenolic OH excluding ortho intramolecular Hbond substituents is 1. The van der Waals surface area contributed by atoms with Gasteiger partial charge in [0.2, 0.25) is 17.7 Å². The molecule has 1 aromatic heterocycles. The molecule has 3 aliphatic rings. The second-order valence-corrected chi connectivity index (χ2v) is 11.8. The molecule has 4 heterocycles. The lowest BCUT2D eigenvalue weighted by Crippen LogP contribution is -2.43. The molecule has 2 aromatic carbocycles. The highest BCUT2D eigenvalue weighted by molar-refractivity contribution is 8.00. The lowest BCUT2D eigenvalue weighted by atomic mass is 9.83. The molecule has 2 fully saturated rings. The summed E-state index contributed by atoms with van der Waals surface area (Å²) in [4.78, 5) is 56.9. The molecule has 0 saturated carbocycles. The zero-order chi connectivity index (χ0) is 26.6. The Balaban J connectivity index is 1.43. The first kappa shape index (κ1) is 25.2. The molecule has 3 aliphatic heterocycles. The van der Waals surface area contributed by atoms with Crippen LogP contribution in [0.25, 0.3) is 0 Å². The fourth-order valence-corrected chi connectivity index (χ4v) is 8.09. The minimum absolute atomic E-state index is 0.0641. The van der Waals surface area contributed by atoms with Crippen molar-refractivity contribution in [1.29, 1.82) is 0 Å². The summed E-state index contributed by atoms with van der Waals surface area (Å²) in [7, 11) is 0. The number of imide groups is 1. The summed E-state index contributed by atoms with van der Waals surface area (Å²) in [5.74, 6) is -2.24. The highest BCUT2D eigenvalue weighted by atomic mass is 35.5. The summed E-state index contributed by atoms with van der Waals surface area (Å²) >= 11 is 8.19. The van der Waals surface area contributed by atoms with E-state index in [9.17, 15) is 24.3 Å². The van der Waals surface area contributed by atoms with Crippen molar-refractivity contribution in [2.24, 2.45) is 5.92 Å². The first-order chi connectivity index (χ1) is 18.3. The number of fused-ring (bicyclic) bond motifs is 2. The van der Waals surface area contributed by atoms with Crippen molar-refractivity contribution in [1.82, 2.24) is 9.47 Å². The second-order valence-electron chi connectivity index (χ2n) is 9.24. The van der Waals surface area contributed by atoms with Crippen LogP contribution in [0, 0.1) is 5.92 Å².